The molecule has 0 spiro atoms. The van der Waals surface area contributed by atoms with Crippen LogP contribution in [0.3, 0.4) is 0 Å². The summed E-state index contributed by atoms with van der Waals surface area (Å²) in [4.78, 5) is 12.3. The van der Waals surface area contributed by atoms with Crippen molar-refractivity contribution < 1.29 is 18.0 Å². The average molecular weight is 374 g/mol. The molecule has 5 nitrogen and oxygen atoms in total. The Morgan fingerprint density at radius 1 is 1.11 bits per heavy atom. The summed E-state index contributed by atoms with van der Waals surface area (Å²) in [5.74, 6) is -0.283. The summed E-state index contributed by atoms with van der Waals surface area (Å²) < 4.78 is 39.5. The van der Waals surface area contributed by atoms with E-state index < -0.39 is 17.6 Å². The second kappa shape index (κ2) is 7.22. The van der Waals surface area contributed by atoms with Crippen LogP contribution < -0.4 is 5.32 Å². The maximum absolute atomic E-state index is 12.6. The largest absolute Gasteiger partial charge is 0.416 e. The average Bonchev–Trinajstić information content (AvgIpc) is 3.11. The predicted molar refractivity (Wildman–Crippen MR) is 94.8 cm³/mol. The molecule has 1 heterocycles. The van der Waals surface area contributed by atoms with Crippen molar-refractivity contribution in [3.63, 3.8) is 0 Å². The molecule has 0 aliphatic heterocycles. The van der Waals surface area contributed by atoms with Gasteiger partial charge < -0.3 is 5.32 Å². The summed E-state index contributed by atoms with van der Waals surface area (Å²) in [5, 5.41) is 10.7. The van der Waals surface area contributed by atoms with Gasteiger partial charge in [0.15, 0.2) is 0 Å². The highest BCUT2D eigenvalue weighted by atomic mass is 19.4. The topological polar surface area (TPSA) is 59.8 Å². The summed E-state index contributed by atoms with van der Waals surface area (Å²) in [6, 6.07) is 11.1. The first-order chi connectivity index (χ1) is 12.8. The molecule has 0 atom stereocenters. The molecule has 0 saturated carbocycles. The van der Waals surface area contributed by atoms with E-state index in [-0.39, 0.29) is 11.5 Å². The Morgan fingerprint density at radius 2 is 1.81 bits per heavy atom. The van der Waals surface area contributed by atoms with E-state index >= 15 is 0 Å². The highest BCUT2D eigenvalue weighted by molar-refractivity contribution is 6.04. The van der Waals surface area contributed by atoms with E-state index in [0.717, 1.165) is 35.6 Å². The van der Waals surface area contributed by atoms with Crippen LogP contribution in [0.25, 0.3) is 5.69 Å². The van der Waals surface area contributed by atoms with Gasteiger partial charge in [0.2, 0.25) is 0 Å². The van der Waals surface area contributed by atoms with Crippen LogP contribution in [0.4, 0.5) is 18.9 Å². The minimum atomic E-state index is -4.44. The Morgan fingerprint density at radius 3 is 2.44 bits per heavy atom. The monoisotopic (exact) mass is 374 g/mol. The number of carbonyl (C=O) groups is 1. The van der Waals surface area contributed by atoms with Gasteiger partial charge in [-0.3, -0.25) is 4.79 Å². The van der Waals surface area contributed by atoms with Crippen LogP contribution in [-0.4, -0.2) is 20.9 Å². The normalized spacial score (nSPS) is 11.6. The molecule has 1 aromatic heterocycles. The summed E-state index contributed by atoms with van der Waals surface area (Å²) in [6.45, 7) is 4.04. The van der Waals surface area contributed by atoms with Crippen molar-refractivity contribution in [2.24, 2.45) is 0 Å². The number of hydrogen-bond donors (Lipinski definition) is 1. The zero-order valence-corrected chi connectivity index (χ0v) is 14.7. The number of hydrogen-bond acceptors (Lipinski definition) is 3. The van der Waals surface area contributed by atoms with Crippen molar-refractivity contribution >= 4 is 11.6 Å². The molecule has 0 bridgehead atoms. The molecule has 0 radical (unpaired) electrons. The lowest BCUT2D eigenvalue weighted by Gasteiger charge is -2.11. The molecule has 1 N–H and O–H groups in total. The second-order valence-electron chi connectivity index (χ2n) is 6.30. The van der Waals surface area contributed by atoms with Crippen molar-refractivity contribution in [1.29, 1.82) is 0 Å². The minimum Gasteiger partial charge on any atom is -0.322 e. The molecular formula is C19H17F3N4O. The van der Waals surface area contributed by atoms with Crippen molar-refractivity contribution in [1.82, 2.24) is 15.0 Å². The van der Waals surface area contributed by atoms with E-state index in [4.69, 9.17) is 0 Å². The molecule has 0 saturated heterocycles. The van der Waals surface area contributed by atoms with Crippen LogP contribution in [0.5, 0.6) is 0 Å². The summed E-state index contributed by atoms with van der Waals surface area (Å²) in [5.41, 5.74) is 1.48. The van der Waals surface area contributed by atoms with Gasteiger partial charge in [0.25, 0.3) is 5.91 Å². The van der Waals surface area contributed by atoms with Crippen LogP contribution in [0.1, 0.15) is 41.4 Å². The van der Waals surface area contributed by atoms with Crippen molar-refractivity contribution in [3.8, 4) is 5.69 Å². The first-order valence-electron chi connectivity index (χ1n) is 8.25. The van der Waals surface area contributed by atoms with E-state index in [1.54, 1.807) is 29.1 Å². The van der Waals surface area contributed by atoms with E-state index in [2.05, 4.69) is 15.6 Å². The minimum absolute atomic E-state index is 0.136. The van der Waals surface area contributed by atoms with Gasteiger partial charge in [0.05, 0.1) is 23.1 Å². The molecule has 140 valence electrons. The van der Waals surface area contributed by atoms with E-state index in [1.807, 2.05) is 19.9 Å². The predicted octanol–water partition coefficient (Wildman–Crippen LogP) is 4.66. The van der Waals surface area contributed by atoms with Gasteiger partial charge in [-0.1, -0.05) is 25.1 Å². The lowest BCUT2D eigenvalue weighted by Crippen LogP contribution is -2.13. The van der Waals surface area contributed by atoms with Gasteiger partial charge in [-0.15, -0.1) is 5.10 Å². The second-order valence-corrected chi connectivity index (χ2v) is 6.30. The fourth-order valence-corrected chi connectivity index (χ4v) is 2.57. The Kier molecular flexibility index (Phi) is 4.98. The summed E-state index contributed by atoms with van der Waals surface area (Å²) in [7, 11) is 0. The standard InChI is InChI=1S/C19H17F3N4O/c1-12(2)17-11-23-25-26(17)16-5-3-4-15(10-16)24-18(27)13-6-8-14(9-7-13)19(20,21)22/h3-12H,1-2H3,(H,24,27). The van der Waals surface area contributed by atoms with E-state index in [0.29, 0.717) is 5.69 Å². The number of rotatable bonds is 4. The Labute approximate surface area is 153 Å². The van der Waals surface area contributed by atoms with Gasteiger partial charge in [-0.05, 0) is 48.4 Å². The number of aromatic nitrogens is 3. The highest BCUT2D eigenvalue weighted by Gasteiger charge is 2.30. The van der Waals surface area contributed by atoms with Gasteiger partial charge in [0.1, 0.15) is 0 Å². The molecular weight excluding hydrogens is 357 g/mol. The zero-order valence-electron chi connectivity index (χ0n) is 14.7. The van der Waals surface area contributed by atoms with Gasteiger partial charge in [-0.2, -0.15) is 13.2 Å². The molecule has 27 heavy (non-hydrogen) atoms. The van der Waals surface area contributed by atoms with Gasteiger partial charge >= 0.3 is 6.18 Å². The SMILES string of the molecule is CC(C)c1cnnn1-c1cccc(NC(=O)c2ccc(C(F)(F)F)cc2)c1. The van der Waals surface area contributed by atoms with Gasteiger partial charge in [0, 0.05) is 11.3 Å². The zero-order chi connectivity index (χ0) is 19.6. The molecule has 0 unspecified atom stereocenters. The number of nitrogens with zero attached hydrogens (tertiary/aromatic N) is 3. The quantitative estimate of drug-likeness (QED) is 0.722. The van der Waals surface area contributed by atoms with E-state index in [9.17, 15) is 18.0 Å². The molecule has 3 aromatic rings. The van der Waals surface area contributed by atoms with E-state index in [1.165, 1.54) is 0 Å². The lowest BCUT2D eigenvalue weighted by atomic mass is 10.1. The molecule has 0 aliphatic rings. The van der Waals surface area contributed by atoms with Crippen molar-refractivity contribution in [3.05, 3.63) is 71.5 Å². The number of carbonyl (C=O) groups excluding carboxylic acids is 1. The van der Waals surface area contributed by atoms with Crippen LogP contribution in [-0.2, 0) is 6.18 Å². The Bertz CT molecular complexity index is 946. The van der Waals surface area contributed by atoms with Crippen LogP contribution in [0.2, 0.25) is 0 Å². The van der Waals surface area contributed by atoms with Crippen LogP contribution in [0, 0.1) is 0 Å². The number of halogens is 3. The number of benzene rings is 2. The molecule has 3 rings (SSSR count). The number of alkyl halides is 3. The molecule has 2 aromatic carbocycles. The van der Waals surface area contributed by atoms with Crippen molar-refractivity contribution in [2.75, 3.05) is 5.32 Å². The number of amides is 1. The maximum Gasteiger partial charge on any atom is 0.416 e. The number of anilines is 1. The van der Waals surface area contributed by atoms with Gasteiger partial charge in [-0.25, -0.2) is 4.68 Å². The number of nitrogens with one attached hydrogen (secondary N) is 1. The first kappa shape index (κ1) is 18.6. The molecule has 1 amide bonds. The van der Waals surface area contributed by atoms with Crippen LogP contribution >= 0.6 is 0 Å². The lowest BCUT2D eigenvalue weighted by molar-refractivity contribution is -0.137. The van der Waals surface area contributed by atoms with Crippen molar-refractivity contribution in [2.45, 2.75) is 25.9 Å². The highest BCUT2D eigenvalue weighted by Crippen LogP contribution is 2.29. The molecule has 0 aliphatic carbocycles. The molecule has 8 heteroatoms. The maximum atomic E-state index is 12.6. The van der Waals surface area contributed by atoms with Crippen LogP contribution in [0.15, 0.2) is 54.7 Å². The third kappa shape index (κ3) is 4.16. The summed E-state index contributed by atoms with van der Waals surface area (Å²) in [6.07, 6.45) is -2.76. The molecule has 0 fully saturated rings. The fourth-order valence-electron chi connectivity index (χ4n) is 2.57. The Hall–Kier alpha value is -3.16. The first-order valence-corrected chi connectivity index (χ1v) is 8.25. The fraction of sp³-hybridized carbons (Fsp3) is 0.211. The third-order valence-corrected chi connectivity index (χ3v) is 3.99. The Balaban J connectivity index is 1.80. The summed E-state index contributed by atoms with van der Waals surface area (Å²) >= 11 is 0. The third-order valence-electron chi connectivity index (χ3n) is 3.99. The smallest absolute Gasteiger partial charge is 0.322 e.